The molecular weight excluding hydrogens is 303 g/mol. The van der Waals surface area contributed by atoms with Crippen molar-refractivity contribution in [3.63, 3.8) is 0 Å². The fourth-order valence-corrected chi connectivity index (χ4v) is 1.29. The summed E-state index contributed by atoms with van der Waals surface area (Å²) in [7, 11) is 1.24. The summed E-state index contributed by atoms with van der Waals surface area (Å²) in [4.78, 5) is 11.1. The van der Waals surface area contributed by atoms with Gasteiger partial charge in [-0.25, -0.2) is 0 Å². The highest BCUT2D eigenvalue weighted by atomic mass is 79.9. The summed E-state index contributed by atoms with van der Waals surface area (Å²) in [5, 5.41) is 2.46. The van der Waals surface area contributed by atoms with E-state index in [9.17, 15) is 18.0 Å². The highest BCUT2D eigenvalue weighted by Crippen LogP contribution is 2.34. The van der Waals surface area contributed by atoms with Crippen LogP contribution in [-0.2, 0) is 11.0 Å². The standard InChI is InChI=1S/C10H9BrF3NO2/c1-17-8-4-6(10(12,13)14)2-3-7(8)15-9(16)5-11/h2-4H,5H2,1H3,(H,15,16). The number of alkyl halides is 4. The normalized spacial score (nSPS) is 11.1. The minimum absolute atomic E-state index is 0.0332. The maximum atomic E-state index is 12.4. The van der Waals surface area contributed by atoms with Crippen molar-refractivity contribution in [3.8, 4) is 5.75 Å². The third-order valence-electron chi connectivity index (χ3n) is 1.92. The fourth-order valence-electron chi connectivity index (χ4n) is 1.15. The van der Waals surface area contributed by atoms with E-state index in [2.05, 4.69) is 21.2 Å². The molecule has 17 heavy (non-hydrogen) atoms. The summed E-state index contributed by atoms with van der Waals surface area (Å²) in [6.07, 6.45) is -4.44. The van der Waals surface area contributed by atoms with Crippen LogP contribution in [0, 0.1) is 0 Å². The molecule has 1 rings (SSSR count). The van der Waals surface area contributed by atoms with Gasteiger partial charge in [-0.05, 0) is 18.2 Å². The van der Waals surface area contributed by atoms with E-state index in [0.29, 0.717) is 0 Å². The number of rotatable bonds is 3. The Morgan fingerprint density at radius 1 is 1.47 bits per heavy atom. The average Bonchev–Trinajstić information content (AvgIpc) is 2.27. The molecule has 1 amide bonds. The molecule has 0 atom stereocenters. The Balaban J connectivity index is 3.06. The first-order valence-corrected chi connectivity index (χ1v) is 5.61. The van der Waals surface area contributed by atoms with Crippen LogP contribution in [0.4, 0.5) is 18.9 Å². The number of carbonyl (C=O) groups is 1. The Labute approximate surface area is 104 Å². The Kier molecular flexibility index (Phi) is 4.39. The molecule has 1 aromatic rings. The fraction of sp³-hybridized carbons (Fsp3) is 0.300. The number of nitrogens with one attached hydrogen (secondary N) is 1. The molecule has 0 saturated heterocycles. The van der Waals surface area contributed by atoms with Crippen molar-refractivity contribution in [1.82, 2.24) is 0 Å². The highest BCUT2D eigenvalue weighted by Gasteiger charge is 2.31. The molecule has 0 radical (unpaired) electrons. The van der Waals surface area contributed by atoms with Gasteiger partial charge >= 0.3 is 6.18 Å². The number of anilines is 1. The highest BCUT2D eigenvalue weighted by molar-refractivity contribution is 9.09. The number of hydrogen-bond acceptors (Lipinski definition) is 2. The van der Waals surface area contributed by atoms with Crippen LogP contribution in [-0.4, -0.2) is 18.3 Å². The Bertz CT molecular complexity index is 421. The number of amides is 1. The van der Waals surface area contributed by atoms with Gasteiger partial charge in [0.1, 0.15) is 5.75 Å². The number of methoxy groups -OCH3 is 1. The molecule has 1 aromatic carbocycles. The van der Waals surface area contributed by atoms with Crippen LogP contribution < -0.4 is 10.1 Å². The summed E-state index contributed by atoms with van der Waals surface area (Å²) < 4.78 is 42.0. The lowest BCUT2D eigenvalue weighted by Crippen LogP contribution is -2.14. The van der Waals surface area contributed by atoms with Gasteiger partial charge in [0.05, 0.1) is 23.7 Å². The second kappa shape index (κ2) is 5.39. The molecule has 0 unspecified atom stereocenters. The van der Waals surface area contributed by atoms with Crippen LogP contribution in [0.15, 0.2) is 18.2 Å². The molecule has 94 valence electrons. The first-order chi connectivity index (χ1) is 7.88. The maximum absolute atomic E-state index is 12.4. The van der Waals surface area contributed by atoms with Gasteiger partial charge in [0.2, 0.25) is 5.91 Å². The summed E-state index contributed by atoms with van der Waals surface area (Å²) in [6.45, 7) is 0. The van der Waals surface area contributed by atoms with E-state index in [1.165, 1.54) is 7.11 Å². The summed E-state index contributed by atoms with van der Waals surface area (Å²) in [5.41, 5.74) is -0.629. The second-order valence-electron chi connectivity index (χ2n) is 3.09. The van der Waals surface area contributed by atoms with Crippen LogP contribution in [0.5, 0.6) is 5.75 Å². The first-order valence-electron chi connectivity index (χ1n) is 4.49. The largest absolute Gasteiger partial charge is 0.495 e. The van der Waals surface area contributed by atoms with Crippen LogP contribution in [0.25, 0.3) is 0 Å². The van der Waals surface area contributed by atoms with Crippen LogP contribution >= 0.6 is 15.9 Å². The van der Waals surface area contributed by atoms with Gasteiger partial charge in [0.25, 0.3) is 0 Å². The van der Waals surface area contributed by atoms with Gasteiger partial charge in [-0.2, -0.15) is 13.2 Å². The third-order valence-corrected chi connectivity index (χ3v) is 2.43. The van der Waals surface area contributed by atoms with Crippen molar-refractivity contribution >= 4 is 27.5 Å². The van der Waals surface area contributed by atoms with Crippen LogP contribution in [0.2, 0.25) is 0 Å². The monoisotopic (exact) mass is 311 g/mol. The van der Waals surface area contributed by atoms with E-state index in [4.69, 9.17) is 4.74 Å². The van der Waals surface area contributed by atoms with E-state index in [-0.39, 0.29) is 22.7 Å². The zero-order chi connectivity index (χ0) is 13.1. The van der Waals surface area contributed by atoms with Gasteiger partial charge in [0.15, 0.2) is 0 Å². The predicted octanol–water partition coefficient (Wildman–Crippen LogP) is 3.05. The molecule has 0 aliphatic rings. The number of benzene rings is 1. The lowest BCUT2D eigenvalue weighted by atomic mass is 10.2. The zero-order valence-electron chi connectivity index (χ0n) is 8.77. The minimum Gasteiger partial charge on any atom is -0.495 e. The number of halogens is 4. The van der Waals surface area contributed by atoms with Crippen molar-refractivity contribution in [1.29, 1.82) is 0 Å². The van der Waals surface area contributed by atoms with Gasteiger partial charge < -0.3 is 10.1 Å². The average molecular weight is 312 g/mol. The topological polar surface area (TPSA) is 38.3 Å². The van der Waals surface area contributed by atoms with Crippen molar-refractivity contribution in [3.05, 3.63) is 23.8 Å². The predicted molar refractivity (Wildman–Crippen MR) is 60.4 cm³/mol. The SMILES string of the molecule is COc1cc(C(F)(F)F)ccc1NC(=O)CBr. The molecule has 0 spiro atoms. The molecule has 1 N–H and O–H groups in total. The number of hydrogen-bond donors (Lipinski definition) is 1. The molecule has 0 aliphatic carbocycles. The second-order valence-corrected chi connectivity index (χ2v) is 3.66. The van der Waals surface area contributed by atoms with Crippen LogP contribution in [0.1, 0.15) is 5.56 Å². The quantitative estimate of drug-likeness (QED) is 0.871. The smallest absolute Gasteiger partial charge is 0.416 e. The molecule has 7 heteroatoms. The molecule has 0 bridgehead atoms. The van der Waals surface area contributed by atoms with Crippen molar-refractivity contribution in [2.75, 3.05) is 17.8 Å². The molecule has 0 saturated carbocycles. The van der Waals surface area contributed by atoms with Gasteiger partial charge in [-0.3, -0.25) is 4.79 Å². The van der Waals surface area contributed by atoms with Crippen LogP contribution in [0.3, 0.4) is 0 Å². The van der Waals surface area contributed by atoms with Gasteiger partial charge in [0, 0.05) is 0 Å². The Morgan fingerprint density at radius 3 is 2.59 bits per heavy atom. The molecule has 0 aromatic heterocycles. The first kappa shape index (κ1) is 13.8. The van der Waals surface area contributed by atoms with Crippen molar-refractivity contribution < 1.29 is 22.7 Å². The van der Waals surface area contributed by atoms with E-state index < -0.39 is 11.7 Å². The zero-order valence-corrected chi connectivity index (χ0v) is 10.4. The van der Waals surface area contributed by atoms with Crippen molar-refractivity contribution in [2.45, 2.75) is 6.18 Å². The molecule has 0 aliphatic heterocycles. The lowest BCUT2D eigenvalue weighted by molar-refractivity contribution is -0.137. The number of ether oxygens (including phenoxy) is 1. The molecule has 0 fully saturated rings. The molecule has 0 heterocycles. The van der Waals surface area contributed by atoms with Gasteiger partial charge in [-0.1, -0.05) is 15.9 Å². The van der Waals surface area contributed by atoms with E-state index in [1.54, 1.807) is 0 Å². The third kappa shape index (κ3) is 3.62. The summed E-state index contributed by atoms with van der Waals surface area (Å²) >= 11 is 2.93. The van der Waals surface area contributed by atoms with E-state index in [0.717, 1.165) is 18.2 Å². The van der Waals surface area contributed by atoms with Crippen molar-refractivity contribution in [2.24, 2.45) is 0 Å². The van der Waals surface area contributed by atoms with E-state index in [1.807, 2.05) is 0 Å². The summed E-state index contributed by atoms with van der Waals surface area (Å²) in [6, 6.07) is 2.87. The Hall–Kier alpha value is -1.24. The number of carbonyl (C=O) groups excluding carboxylic acids is 1. The molecular formula is C10H9BrF3NO2. The summed E-state index contributed by atoms with van der Waals surface area (Å²) in [5.74, 6) is -0.405. The lowest BCUT2D eigenvalue weighted by Gasteiger charge is -2.12. The minimum atomic E-state index is -4.44. The Morgan fingerprint density at radius 2 is 2.12 bits per heavy atom. The van der Waals surface area contributed by atoms with Gasteiger partial charge in [-0.15, -0.1) is 0 Å². The maximum Gasteiger partial charge on any atom is 0.416 e. The van der Waals surface area contributed by atoms with E-state index >= 15 is 0 Å². The molecule has 3 nitrogen and oxygen atoms in total.